The number of carbonyl (C=O) groups is 1. The van der Waals surface area contributed by atoms with Gasteiger partial charge in [0.15, 0.2) is 5.16 Å². The number of fused-ring (bicyclic) bond motifs is 1. The van der Waals surface area contributed by atoms with Gasteiger partial charge in [0.25, 0.3) is 5.56 Å². The van der Waals surface area contributed by atoms with Crippen LogP contribution < -0.4 is 10.9 Å². The van der Waals surface area contributed by atoms with Crippen molar-refractivity contribution in [2.45, 2.75) is 19.0 Å². The van der Waals surface area contributed by atoms with Crippen molar-refractivity contribution in [1.82, 2.24) is 9.97 Å². The van der Waals surface area contributed by atoms with Crippen LogP contribution >= 0.6 is 46.3 Å². The molecule has 0 fully saturated rings. The Bertz CT molecular complexity index is 1030. The summed E-state index contributed by atoms with van der Waals surface area (Å²) in [6, 6.07) is 4.86. The number of halogens is 2. The molecule has 0 radical (unpaired) electrons. The zero-order valence-electron chi connectivity index (χ0n) is 13.3. The molecule has 5 nitrogen and oxygen atoms in total. The highest BCUT2D eigenvalue weighted by Crippen LogP contribution is 2.28. The zero-order chi connectivity index (χ0) is 18.1. The van der Waals surface area contributed by atoms with Gasteiger partial charge in [-0.2, -0.15) is 0 Å². The van der Waals surface area contributed by atoms with E-state index in [0.717, 1.165) is 10.4 Å². The van der Waals surface area contributed by atoms with E-state index in [2.05, 4.69) is 15.3 Å². The number of nitrogens with zero attached hydrogens (tertiary/aromatic N) is 1. The van der Waals surface area contributed by atoms with Gasteiger partial charge in [-0.05, 0) is 37.6 Å². The summed E-state index contributed by atoms with van der Waals surface area (Å²) in [6.45, 7) is 3.86. The molecule has 0 aliphatic heterocycles. The lowest BCUT2D eigenvalue weighted by molar-refractivity contribution is -0.113. The highest BCUT2D eigenvalue weighted by Gasteiger charge is 2.13. The van der Waals surface area contributed by atoms with Gasteiger partial charge in [0.05, 0.1) is 21.2 Å². The molecule has 9 heteroatoms. The van der Waals surface area contributed by atoms with Gasteiger partial charge in [-0.25, -0.2) is 4.98 Å². The lowest BCUT2D eigenvalue weighted by Gasteiger charge is -2.06. The first-order valence-corrected chi connectivity index (χ1v) is 9.78. The fourth-order valence-electron chi connectivity index (χ4n) is 2.21. The predicted molar refractivity (Wildman–Crippen MR) is 106 cm³/mol. The average Bonchev–Trinajstić information content (AvgIpc) is 2.84. The molecule has 0 bridgehead atoms. The molecule has 1 aromatic carbocycles. The highest BCUT2D eigenvalue weighted by molar-refractivity contribution is 7.99. The fourth-order valence-corrected chi connectivity index (χ4v) is 4.25. The number of hydrogen-bond acceptors (Lipinski definition) is 5. The predicted octanol–water partition coefficient (Wildman–Crippen LogP) is 4.64. The summed E-state index contributed by atoms with van der Waals surface area (Å²) in [5, 5.41) is 4.55. The van der Waals surface area contributed by atoms with Crippen LogP contribution in [0, 0.1) is 13.8 Å². The first-order chi connectivity index (χ1) is 11.8. The van der Waals surface area contributed by atoms with Gasteiger partial charge >= 0.3 is 0 Å². The summed E-state index contributed by atoms with van der Waals surface area (Å²) in [5.41, 5.74) is 1.32. The van der Waals surface area contributed by atoms with Gasteiger partial charge in [0.1, 0.15) is 4.83 Å². The Kier molecular flexibility index (Phi) is 5.38. The Morgan fingerprint density at radius 2 is 2.08 bits per heavy atom. The molecule has 0 atom stereocenters. The number of thioether (sulfide) groups is 1. The van der Waals surface area contributed by atoms with Crippen LogP contribution in [-0.4, -0.2) is 21.6 Å². The second-order valence-electron chi connectivity index (χ2n) is 5.30. The Balaban J connectivity index is 1.70. The maximum Gasteiger partial charge on any atom is 0.260 e. The molecule has 2 heterocycles. The Labute approximate surface area is 161 Å². The van der Waals surface area contributed by atoms with Gasteiger partial charge in [-0.15, -0.1) is 11.3 Å². The molecule has 0 saturated carbocycles. The number of carbonyl (C=O) groups excluding carboxylic acids is 1. The van der Waals surface area contributed by atoms with E-state index in [0.29, 0.717) is 31.1 Å². The molecule has 130 valence electrons. The van der Waals surface area contributed by atoms with Crippen molar-refractivity contribution in [2.75, 3.05) is 11.1 Å². The van der Waals surface area contributed by atoms with E-state index in [4.69, 9.17) is 23.2 Å². The number of aromatic nitrogens is 2. The van der Waals surface area contributed by atoms with Crippen LogP contribution in [0.3, 0.4) is 0 Å². The van der Waals surface area contributed by atoms with E-state index in [9.17, 15) is 9.59 Å². The summed E-state index contributed by atoms with van der Waals surface area (Å²) < 4.78 is 0. The van der Waals surface area contributed by atoms with E-state index in [1.165, 1.54) is 23.1 Å². The topological polar surface area (TPSA) is 74.8 Å². The smallest absolute Gasteiger partial charge is 0.260 e. The van der Waals surface area contributed by atoms with E-state index >= 15 is 0 Å². The van der Waals surface area contributed by atoms with Crippen molar-refractivity contribution < 1.29 is 4.79 Å². The van der Waals surface area contributed by atoms with Crippen LogP contribution in [0.1, 0.15) is 10.4 Å². The molecule has 0 spiro atoms. The van der Waals surface area contributed by atoms with Crippen molar-refractivity contribution in [2.24, 2.45) is 0 Å². The molecular weight excluding hydrogens is 401 g/mol. The zero-order valence-corrected chi connectivity index (χ0v) is 16.4. The summed E-state index contributed by atoms with van der Waals surface area (Å²) in [6.07, 6.45) is 0. The number of aryl methyl sites for hydroxylation is 2. The number of nitrogens with one attached hydrogen (secondary N) is 2. The van der Waals surface area contributed by atoms with E-state index in [1.54, 1.807) is 18.2 Å². The maximum atomic E-state index is 12.2. The first kappa shape index (κ1) is 18.3. The second kappa shape index (κ2) is 7.37. The molecule has 2 N–H and O–H groups in total. The Morgan fingerprint density at radius 1 is 1.32 bits per heavy atom. The minimum atomic E-state index is -0.232. The van der Waals surface area contributed by atoms with Crippen LogP contribution in [0.5, 0.6) is 0 Å². The third-order valence-electron chi connectivity index (χ3n) is 3.56. The molecule has 0 aliphatic carbocycles. The summed E-state index contributed by atoms with van der Waals surface area (Å²) >= 11 is 14.4. The number of anilines is 1. The van der Waals surface area contributed by atoms with E-state index in [1.807, 2.05) is 13.8 Å². The van der Waals surface area contributed by atoms with Crippen molar-refractivity contribution >= 4 is 68.1 Å². The van der Waals surface area contributed by atoms with Crippen molar-refractivity contribution in [1.29, 1.82) is 0 Å². The number of thiophene rings is 1. The minimum absolute atomic E-state index is 0.109. The molecule has 3 aromatic rings. The largest absolute Gasteiger partial charge is 0.325 e. The van der Waals surface area contributed by atoms with Crippen molar-refractivity contribution in [3.63, 3.8) is 0 Å². The van der Waals surface area contributed by atoms with Gasteiger partial charge in [-0.3, -0.25) is 9.59 Å². The van der Waals surface area contributed by atoms with Gasteiger partial charge in [0.2, 0.25) is 5.91 Å². The molecule has 0 unspecified atom stereocenters. The third-order valence-corrected chi connectivity index (χ3v) is 6.27. The third kappa shape index (κ3) is 4.00. The number of aromatic amines is 1. The van der Waals surface area contributed by atoms with Crippen LogP contribution in [-0.2, 0) is 4.79 Å². The molecule has 25 heavy (non-hydrogen) atoms. The van der Waals surface area contributed by atoms with Crippen LogP contribution in [0.4, 0.5) is 5.69 Å². The number of rotatable bonds is 4. The monoisotopic (exact) mass is 413 g/mol. The number of hydrogen-bond donors (Lipinski definition) is 2. The number of benzene rings is 1. The average molecular weight is 414 g/mol. The Morgan fingerprint density at radius 3 is 2.80 bits per heavy atom. The number of H-pyrrole nitrogens is 1. The van der Waals surface area contributed by atoms with Crippen LogP contribution in [0.15, 0.2) is 28.2 Å². The van der Waals surface area contributed by atoms with E-state index < -0.39 is 0 Å². The first-order valence-electron chi connectivity index (χ1n) is 7.23. The molecule has 1 amide bonds. The Hall–Kier alpha value is -1.54. The van der Waals surface area contributed by atoms with Gasteiger partial charge in [0, 0.05) is 10.6 Å². The van der Waals surface area contributed by atoms with Crippen LogP contribution in [0.2, 0.25) is 10.0 Å². The molecule has 2 aromatic heterocycles. The summed E-state index contributed by atoms with van der Waals surface area (Å²) in [5.74, 6) is -0.123. The maximum absolute atomic E-state index is 12.2. The second-order valence-corrected chi connectivity index (χ2v) is 8.28. The standard InChI is InChI=1S/C16H13Cl2N3O2S2/c1-7-8(2)25-15-13(7)14(23)20-16(21-15)24-6-12(22)19-9-3-4-10(17)11(18)5-9/h3-5H,6H2,1-2H3,(H,19,22)(H,20,21,23). The molecule has 3 rings (SSSR count). The van der Waals surface area contributed by atoms with Crippen molar-refractivity contribution in [3.8, 4) is 0 Å². The lowest BCUT2D eigenvalue weighted by atomic mass is 10.2. The van der Waals surface area contributed by atoms with Gasteiger partial charge < -0.3 is 10.3 Å². The summed E-state index contributed by atoms with van der Waals surface area (Å²) in [4.78, 5) is 33.2. The normalized spacial score (nSPS) is 11.0. The molecule has 0 saturated heterocycles. The lowest BCUT2D eigenvalue weighted by Crippen LogP contribution is -2.15. The fraction of sp³-hybridized carbons (Fsp3) is 0.188. The molecular formula is C16H13Cl2N3O2S2. The molecule has 0 aliphatic rings. The quantitative estimate of drug-likeness (QED) is 0.482. The highest BCUT2D eigenvalue weighted by atomic mass is 35.5. The number of amides is 1. The van der Waals surface area contributed by atoms with Crippen LogP contribution in [0.25, 0.3) is 10.2 Å². The minimum Gasteiger partial charge on any atom is -0.325 e. The SMILES string of the molecule is Cc1sc2nc(SCC(=O)Nc3ccc(Cl)c(Cl)c3)[nH]c(=O)c2c1C. The summed E-state index contributed by atoms with van der Waals surface area (Å²) in [7, 11) is 0. The van der Waals surface area contributed by atoms with Gasteiger partial charge in [-0.1, -0.05) is 35.0 Å². The van der Waals surface area contributed by atoms with Crippen molar-refractivity contribution in [3.05, 3.63) is 49.0 Å². The van der Waals surface area contributed by atoms with E-state index in [-0.39, 0.29) is 17.2 Å².